The van der Waals surface area contributed by atoms with Crippen LogP contribution >= 0.6 is 0 Å². The molecular weight excluding hydrogens is 176 g/mol. The van der Waals surface area contributed by atoms with Gasteiger partial charge in [-0.05, 0) is 32.2 Å². The Balaban J connectivity index is 1.82. The van der Waals surface area contributed by atoms with Crippen LogP contribution in [0.4, 0.5) is 0 Å². The minimum absolute atomic E-state index is 0.481. The highest BCUT2D eigenvalue weighted by molar-refractivity contribution is 5.11. The second kappa shape index (κ2) is 2.79. The van der Waals surface area contributed by atoms with Crippen LogP contribution in [0.5, 0.6) is 0 Å². The molecule has 1 spiro atoms. The van der Waals surface area contributed by atoms with Crippen molar-refractivity contribution in [3.63, 3.8) is 0 Å². The van der Waals surface area contributed by atoms with E-state index in [0.29, 0.717) is 11.5 Å². The molecule has 0 radical (unpaired) electrons. The second-order valence-electron chi connectivity index (χ2n) is 4.70. The van der Waals surface area contributed by atoms with Crippen molar-refractivity contribution in [3.8, 4) is 0 Å². The summed E-state index contributed by atoms with van der Waals surface area (Å²) in [5.41, 5.74) is 0.481. The number of nitrogens with zero attached hydrogens (tertiary/aromatic N) is 3. The van der Waals surface area contributed by atoms with E-state index in [2.05, 4.69) is 20.1 Å². The molecule has 3 rings (SSSR count). The minimum Gasteiger partial charge on any atom is -0.320 e. The van der Waals surface area contributed by atoms with Crippen molar-refractivity contribution in [2.45, 2.75) is 37.1 Å². The zero-order valence-corrected chi connectivity index (χ0v) is 8.53. The summed E-state index contributed by atoms with van der Waals surface area (Å²) >= 11 is 0. The van der Waals surface area contributed by atoms with Gasteiger partial charge in [0.15, 0.2) is 0 Å². The van der Waals surface area contributed by atoms with Crippen molar-refractivity contribution in [2.75, 3.05) is 6.54 Å². The van der Waals surface area contributed by atoms with Gasteiger partial charge in [-0.15, -0.1) is 10.2 Å². The molecule has 1 atom stereocenters. The standard InChI is InChI=1S/C10H16N4/c1-14-7-12-13-9(14)8-2-5-11-10(6-8)3-4-10/h7-8,11H,2-6H2,1H3. The Morgan fingerprint density at radius 3 is 3.07 bits per heavy atom. The second-order valence-corrected chi connectivity index (χ2v) is 4.70. The average Bonchev–Trinajstić information content (AvgIpc) is 2.78. The fraction of sp³-hybridized carbons (Fsp3) is 0.800. The molecular formula is C10H16N4. The highest BCUT2D eigenvalue weighted by Gasteiger charge is 2.46. The first kappa shape index (κ1) is 8.41. The smallest absolute Gasteiger partial charge is 0.135 e. The van der Waals surface area contributed by atoms with Crippen LogP contribution in [-0.4, -0.2) is 26.8 Å². The molecule has 2 heterocycles. The van der Waals surface area contributed by atoms with E-state index >= 15 is 0 Å². The van der Waals surface area contributed by atoms with Crippen molar-refractivity contribution in [1.29, 1.82) is 0 Å². The first-order valence-corrected chi connectivity index (χ1v) is 5.38. The molecule has 1 N–H and O–H groups in total. The molecule has 4 heteroatoms. The van der Waals surface area contributed by atoms with E-state index in [9.17, 15) is 0 Å². The van der Waals surface area contributed by atoms with Gasteiger partial charge in [0, 0.05) is 18.5 Å². The molecule has 1 unspecified atom stereocenters. The van der Waals surface area contributed by atoms with Crippen LogP contribution in [0.15, 0.2) is 6.33 Å². The molecule has 1 aromatic heterocycles. The molecule has 1 saturated carbocycles. The topological polar surface area (TPSA) is 42.7 Å². The van der Waals surface area contributed by atoms with E-state index in [1.165, 1.54) is 25.7 Å². The number of nitrogens with one attached hydrogen (secondary N) is 1. The third kappa shape index (κ3) is 1.25. The van der Waals surface area contributed by atoms with Crippen LogP contribution in [0, 0.1) is 0 Å². The number of rotatable bonds is 1. The number of piperidine rings is 1. The number of hydrogen-bond donors (Lipinski definition) is 1. The van der Waals surface area contributed by atoms with E-state index in [4.69, 9.17) is 0 Å². The predicted octanol–water partition coefficient (Wildman–Crippen LogP) is 0.815. The molecule has 2 aliphatic rings. The Labute approximate surface area is 83.7 Å². The van der Waals surface area contributed by atoms with Crippen molar-refractivity contribution >= 4 is 0 Å². The largest absolute Gasteiger partial charge is 0.320 e. The molecule has 76 valence electrons. The van der Waals surface area contributed by atoms with Crippen LogP contribution in [0.2, 0.25) is 0 Å². The van der Waals surface area contributed by atoms with E-state index in [1.807, 2.05) is 7.05 Å². The monoisotopic (exact) mass is 192 g/mol. The molecule has 0 amide bonds. The molecule has 1 aliphatic carbocycles. The van der Waals surface area contributed by atoms with Gasteiger partial charge in [-0.3, -0.25) is 0 Å². The quantitative estimate of drug-likeness (QED) is 0.716. The SMILES string of the molecule is Cn1cnnc1C1CCNC2(CC2)C1. The Morgan fingerprint density at radius 1 is 1.57 bits per heavy atom. The van der Waals surface area contributed by atoms with Gasteiger partial charge in [0.1, 0.15) is 12.2 Å². The van der Waals surface area contributed by atoms with E-state index in [0.717, 1.165) is 12.4 Å². The van der Waals surface area contributed by atoms with Crippen LogP contribution in [0.25, 0.3) is 0 Å². The van der Waals surface area contributed by atoms with Gasteiger partial charge in [-0.25, -0.2) is 0 Å². The first-order valence-electron chi connectivity index (χ1n) is 5.38. The normalized spacial score (nSPS) is 29.4. The lowest BCUT2D eigenvalue weighted by atomic mass is 9.90. The maximum Gasteiger partial charge on any atom is 0.135 e. The van der Waals surface area contributed by atoms with Crippen LogP contribution in [0.1, 0.15) is 37.4 Å². The van der Waals surface area contributed by atoms with Gasteiger partial charge in [0.2, 0.25) is 0 Å². The minimum atomic E-state index is 0.481. The lowest BCUT2D eigenvalue weighted by Gasteiger charge is -2.29. The average molecular weight is 192 g/mol. The van der Waals surface area contributed by atoms with E-state index in [-0.39, 0.29) is 0 Å². The zero-order chi connectivity index (χ0) is 9.60. The van der Waals surface area contributed by atoms with Crippen LogP contribution in [0.3, 0.4) is 0 Å². The van der Waals surface area contributed by atoms with Gasteiger partial charge < -0.3 is 9.88 Å². The maximum atomic E-state index is 4.22. The van der Waals surface area contributed by atoms with Crippen molar-refractivity contribution in [2.24, 2.45) is 7.05 Å². The van der Waals surface area contributed by atoms with E-state index in [1.54, 1.807) is 6.33 Å². The van der Waals surface area contributed by atoms with Crippen LogP contribution in [-0.2, 0) is 7.05 Å². The summed E-state index contributed by atoms with van der Waals surface area (Å²) in [7, 11) is 2.04. The van der Waals surface area contributed by atoms with Gasteiger partial charge in [0.05, 0.1) is 0 Å². The number of hydrogen-bond acceptors (Lipinski definition) is 3. The Morgan fingerprint density at radius 2 is 2.43 bits per heavy atom. The van der Waals surface area contributed by atoms with Gasteiger partial charge >= 0.3 is 0 Å². The fourth-order valence-electron chi connectivity index (χ4n) is 2.57. The van der Waals surface area contributed by atoms with Crippen molar-refractivity contribution in [3.05, 3.63) is 12.2 Å². The third-order valence-electron chi connectivity index (χ3n) is 3.60. The number of aryl methyl sites for hydroxylation is 1. The molecule has 14 heavy (non-hydrogen) atoms. The van der Waals surface area contributed by atoms with Gasteiger partial charge in [-0.1, -0.05) is 0 Å². The summed E-state index contributed by atoms with van der Waals surface area (Å²) in [6.45, 7) is 1.14. The summed E-state index contributed by atoms with van der Waals surface area (Å²) in [6, 6.07) is 0. The molecule has 0 bridgehead atoms. The maximum absolute atomic E-state index is 4.22. The Hall–Kier alpha value is -0.900. The highest BCUT2D eigenvalue weighted by atomic mass is 15.3. The molecule has 1 saturated heterocycles. The first-order chi connectivity index (χ1) is 6.79. The predicted molar refractivity (Wildman–Crippen MR) is 52.9 cm³/mol. The van der Waals surface area contributed by atoms with Gasteiger partial charge in [-0.2, -0.15) is 0 Å². The van der Waals surface area contributed by atoms with E-state index < -0.39 is 0 Å². The third-order valence-corrected chi connectivity index (χ3v) is 3.60. The van der Waals surface area contributed by atoms with Gasteiger partial charge in [0.25, 0.3) is 0 Å². The Bertz CT molecular complexity index is 340. The lowest BCUT2D eigenvalue weighted by Crippen LogP contribution is -2.39. The van der Waals surface area contributed by atoms with Crippen LogP contribution < -0.4 is 5.32 Å². The summed E-state index contributed by atoms with van der Waals surface area (Å²) in [5, 5.41) is 11.8. The molecule has 1 aliphatic heterocycles. The van der Waals surface area contributed by atoms with Crippen molar-refractivity contribution in [1.82, 2.24) is 20.1 Å². The molecule has 0 aromatic carbocycles. The number of aromatic nitrogens is 3. The summed E-state index contributed by atoms with van der Waals surface area (Å²) < 4.78 is 2.06. The molecule has 1 aromatic rings. The Kier molecular flexibility index (Phi) is 1.68. The summed E-state index contributed by atoms with van der Waals surface area (Å²) in [4.78, 5) is 0. The van der Waals surface area contributed by atoms with Crippen molar-refractivity contribution < 1.29 is 0 Å². The zero-order valence-electron chi connectivity index (χ0n) is 8.53. The highest BCUT2D eigenvalue weighted by Crippen LogP contribution is 2.46. The molecule has 2 fully saturated rings. The lowest BCUT2D eigenvalue weighted by molar-refractivity contribution is 0.333. The summed E-state index contributed by atoms with van der Waals surface area (Å²) in [6.07, 6.45) is 6.95. The summed E-state index contributed by atoms with van der Waals surface area (Å²) in [5.74, 6) is 1.78. The molecule has 4 nitrogen and oxygen atoms in total. The fourth-order valence-corrected chi connectivity index (χ4v) is 2.57.